The molecule has 0 bridgehead atoms. The Labute approximate surface area is 360 Å². The molecule has 0 saturated carbocycles. The first kappa shape index (κ1) is 51.9. The van der Waals surface area contributed by atoms with Gasteiger partial charge in [0.2, 0.25) is 0 Å². The molecule has 0 aliphatic heterocycles. The van der Waals surface area contributed by atoms with Crippen LogP contribution >= 0.6 is 0 Å². The second-order valence-corrected chi connectivity index (χ2v) is 14.0. The van der Waals surface area contributed by atoms with Gasteiger partial charge in [-0.3, -0.25) is 9.98 Å². The van der Waals surface area contributed by atoms with E-state index in [0.29, 0.717) is 36.8 Å². The van der Waals surface area contributed by atoms with E-state index in [1.807, 2.05) is 64.1 Å². The van der Waals surface area contributed by atoms with Crippen molar-refractivity contribution >= 4 is 34.7 Å². The minimum absolute atomic E-state index is 0. The molecule has 10 nitrogen and oxygen atoms in total. The first-order valence-electron chi connectivity index (χ1n) is 20.7. The number of hydrogen-bond donors (Lipinski definition) is 4. The van der Waals surface area contributed by atoms with Crippen LogP contribution in [0.1, 0.15) is 149 Å². The molecule has 0 aromatic heterocycles. The molecule has 4 aromatic carbocycles. The van der Waals surface area contributed by atoms with Crippen LogP contribution in [-0.4, -0.2) is 43.8 Å². The summed E-state index contributed by atoms with van der Waals surface area (Å²) in [6, 6.07) is 23.3. The molecule has 59 heavy (non-hydrogen) atoms. The van der Waals surface area contributed by atoms with E-state index >= 15 is 0 Å². The van der Waals surface area contributed by atoms with Crippen LogP contribution in [0.5, 0.6) is 23.0 Å². The average Bonchev–Trinajstić information content (AvgIpc) is 3.21. The molecule has 0 amide bonds. The van der Waals surface area contributed by atoms with Crippen LogP contribution < -0.4 is 10.2 Å². The largest absolute Gasteiger partial charge is 2.00 e. The van der Waals surface area contributed by atoms with Gasteiger partial charge in [-0.25, -0.2) is 9.59 Å². The summed E-state index contributed by atoms with van der Waals surface area (Å²) in [5.74, 6) is -5.05. The number of para-hydroxylation sites is 2. The normalized spacial score (nSPS) is 11.1. The number of phenolic OH excluding ortho intramolecular Hbond substituents is 2. The van der Waals surface area contributed by atoms with Gasteiger partial charge in [-0.05, 0) is 110 Å². The van der Waals surface area contributed by atoms with E-state index < -0.39 is 34.9 Å². The van der Waals surface area contributed by atoms with Crippen molar-refractivity contribution < 1.29 is 56.7 Å². The Morgan fingerprint density at radius 2 is 0.915 bits per heavy atom. The Hall–Kier alpha value is -5.15. The Morgan fingerprint density at radius 3 is 1.24 bits per heavy atom. The fourth-order valence-corrected chi connectivity index (χ4v) is 6.55. The van der Waals surface area contributed by atoms with Crippen LogP contribution in [0.15, 0.2) is 82.8 Å². The number of benzene rings is 4. The zero-order valence-electron chi connectivity index (χ0n) is 35.5. The summed E-state index contributed by atoms with van der Waals surface area (Å²) >= 11 is 0. The number of rotatable bonds is 19. The molecule has 0 spiro atoms. The third kappa shape index (κ3) is 16.6. The summed E-state index contributed by atoms with van der Waals surface area (Å²) in [6.07, 6.45) is 13.1. The van der Waals surface area contributed by atoms with Crippen molar-refractivity contribution in [3.63, 3.8) is 0 Å². The molecule has 322 valence electrons. The second kappa shape index (κ2) is 28.3. The van der Waals surface area contributed by atoms with Crippen LogP contribution in [0.4, 0.5) is 11.4 Å². The Morgan fingerprint density at radius 1 is 0.542 bits per heavy atom. The molecular weight excluding hydrogens is 791 g/mol. The molecule has 0 atom stereocenters. The molecule has 0 aliphatic rings. The molecule has 0 saturated heterocycles. The molecule has 0 unspecified atom stereocenters. The number of unbranched alkanes of at least 4 members (excludes halogenated alkanes) is 4. The summed E-state index contributed by atoms with van der Waals surface area (Å²) in [7, 11) is 0. The summed E-state index contributed by atoms with van der Waals surface area (Å²) in [5, 5.41) is 59.9. The number of carbonyl (C=O) groups is 2. The summed E-state index contributed by atoms with van der Waals surface area (Å²) < 4.78 is 0. The van der Waals surface area contributed by atoms with Gasteiger partial charge in [0, 0.05) is 0 Å². The maximum Gasteiger partial charge on any atom is 2.00 e. The Balaban J connectivity index is 0.000000461. The smallest absolute Gasteiger partial charge is 0.869 e. The van der Waals surface area contributed by atoms with Crippen molar-refractivity contribution in [2.24, 2.45) is 9.98 Å². The number of nitrogens with zero attached hydrogens (tertiary/aromatic N) is 2. The number of aliphatic imine (C=N–C) groups is 2. The Kier molecular flexibility index (Phi) is 24.9. The quantitative estimate of drug-likeness (QED) is 0.0407. The molecule has 0 fully saturated rings. The van der Waals surface area contributed by atoms with Gasteiger partial charge in [-0.2, -0.15) is 0 Å². The van der Waals surface area contributed by atoms with Gasteiger partial charge < -0.3 is 30.6 Å². The molecule has 0 radical (unpaired) electrons. The van der Waals surface area contributed by atoms with Crippen molar-refractivity contribution in [3.05, 3.63) is 106 Å². The van der Waals surface area contributed by atoms with E-state index in [1.54, 1.807) is 0 Å². The van der Waals surface area contributed by atoms with Crippen molar-refractivity contribution in [2.75, 3.05) is 0 Å². The van der Waals surface area contributed by atoms with Crippen LogP contribution in [0, 0.1) is 0 Å². The van der Waals surface area contributed by atoms with Crippen LogP contribution in [0.2, 0.25) is 0 Å². The summed E-state index contributed by atoms with van der Waals surface area (Å²) in [6.45, 7) is 12.1. The van der Waals surface area contributed by atoms with E-state index in [1.165, 1.54) is 44.2 Å². The van der Waals surface area contributed by atoms with E-state index in [4.69, 9.17) is 20.2 Å². The third-order valence-electron chi connectivity index (χ3n) is 9.52. The van der Waals surface area contributed by atoms with Gasteiger partial charge >= 0.3 is 28.4 Å². The maximum atomic E-state index is 11.5. The molecule has 4 aromatic rings. The average molecular weight is 854 g/mol. The molecule has 0 aliphatic carbocycles. The molecular formula is C48H62N2NiO8. The van der Waals surface area contributed by atoms with Crippen LogP contribution in [-0.2, 0) is 42.2 Å². The monoisotopic (exact) mass is 852 g/mol. The van der Waals surface area contributed by atoms with Gasteiger partial charge in [0.1, 0.15) is 11.5 Å². The van der Waals surface area contributed by atoms with Crippen LogP contribution in [0.3, 0.4) is 0 Å². The van der Waals surface area contributed by atoms with E-state index in [9.17, 15) is 30.0 Å². The molecule has 11 heteroatoms. The van der Waals surface area contributed by atoms with Gasteiger partial charge in [0.25, 0.3) is 0 Å². The summed E-state index contributed by atoms with van der Waals surface area (Å²) in [4.78, 5) is 32.0. The standard InChI is InChI=1S/C24H32N2.2C12H16O4.Ni/c1-3-5-7-14-20-24(26-22-17-12-9-13-18-22)23(19-6-4-2)25-21-15-10-8-11-16-21;2*1-3-5-8-7(4-2)6-9(13)11(14)10(8)12(15)16;/h8-13,15-18H,3-7,14,19-20H2,1-2H3;2*6,13-14H,3-5H2,1-2H3,(H,15,16);/q;;;+2/p-2. The molecule has 0 heterocycles. The number of aromatic carboxylic acids is 2. The van der Waals surface area contributed by atoms with Crippen molar-refractivity contribution in [1.82, 2.24) is 0 Å². The minimum atomic E-state index is -1.26. The fraction of sp³-hybridized carbons (Fsp3) is 0.417. The first-order valence-corrected chi connectivity index (χ1v) is 20.7. The topological polar surface area (TPSA) is 186 Å². The first-order chi connectivity index (χ1) is 27.9. The molecule has 4 N–H and O–H groups in total. The number of aromatic hydroxyl groups is 2. The van der Waals surface area contributed by atoms with Crippen molar-refractivity contribution in [3.8, 4) is 23.0 Å². The van der Waals surface area contributed by atoms with Gasteiger partial charge in [0.05, 0.1) is 33.9 Å². The van der Waals surface area contributed by atoms with Crippen molar-refractivity contribution in [1.29, 1.82) is 0 Å². The maximum absolute atomic E-state index is 11.5. The Bertz CT molecular complexity index is 1870. The van der Waals surface area contributed by atoms with Gasteiger partial charge in [0.15, 0.2) is 0 Å². The second-order valence-electron chi connectivity index (χ2n) is 14.0. The van der Waals surface area contributed by atoms with Gasteiger partial charge in [-0.15, -0.1) is 0 Å². The number of phenols is 2. The van der Waals surface area contributed by atoms with E-state index in [2.05, 4.69) is 38.1 Å². The predicted octanol–water partition coefficient (Wildman–Crippen LogP) is 11.0. The van der Waals surface area contributed by atoms with Gasteiger partial charge in [-0.1, -0.05) is 128 Å². The number of carboxylic acid groups (broad SMARTS) is 2. The molecule has 4 rings (SSSR count). The zero-order chi connectivity index (χ0) is 43.0. The number of hydrogen-bond acceptors (Lipinski definition) is 8. The number of carboxylic acids is 2. The van der Waals surface area contributed by atoms with Crippen molar-refractivity contribution in [2.45, 2.75) is 131 Å². The number of aryl methyl sites for hydroxylation is 2. The fourth-order valence-electron chi connectivity index (χ4n) is 6.55. The third-order valence-corrected chi connectivity index (χ3v) is 9.52. The predicted molar refractivity (Wildman–Crippen MR) is 231 cm³/mol. The van der Waals surface area contributed by atoms with E-state index in [0.717, 1.165) is 66.0 Å². The zero-order valence-corrected chi connectivity index (χ0v) is 36.4. The summed E-state index contributed by atoms with van der Waals surface area (Å²) in [5.41, 5.74) is 6.37. The minimum Gasteiger partial charge on any atom is -0.869 e. The van der Waals surface area contributed by atoms with Crippen LogP contribution in [0.25, 0.3) is 0 Å². The van der Waals surface area contributed by atoms with E-state index in [-0.39, 0.29) is 27.6 Å². The SMILES string of the molecule is CCCCCCC(=Nc1ccccc1)C(CCCC)=Nc1ccccc1.CCCc1c(CC)cc(O)c([O-])c1C(=O)O.CCCc1c(CC)cc(O)c([O-])c1C(=O)O.[Ni+2].